The maximum absolute atomic E-state index is 12.3. The van der Waals surface area contributed by atoms with Crippen LogP contribution in [0.3, 0.4) is 0 Å². The quantitative estimate of drug-likeness (QED) is 0.0476. The van der Waals surface area contributed by atoms with E-state index in [9.17, 15) is 9.46 Å². The van der Waals surface area contributed by atoms with Crippen LogP contribution < -0.4 is 0 Å². The first-order valence-electron chi connectivity index (χ1n) is 23.9. The normalized spacial score (nSPS) is 12.3. The van der Waals surface area contributed by atoms with Gasteiger partial charge >= 0.3 is 7.82 Å². The molecule has 0 fully saturated rings. The van der Waals surface area contributed by atoms with Gasteiger partial charge in [-0.2, -0.15) is 0 Å². The van der Waals surface area contributed by atoms with E-state index in [1.54, 1.807) is 13.8 Å². The molecule has 9 heteroatoms. The first-order valence-corrected chi connectivity index (χ1v) is 25.4. The Morgan fingerprint density at radius 2 is 0.540 bits per heavy atom. The van der Waals surface area contributed by atoms with Crippen molar-refractivity contribution in [3.8, 4) is 0 Å². The van der Waals surface area contributed by atoms with Gasteiger partial charge in [-0.25, -0.2) is 4.57 Å². The van der Waals surface area contributed by atoms with Crippen molar-refractivity contribution in [2.45, 2.75) is 305 Å². The zero-order valence-electron chi connectivity index (χ0n) is 37.2. The largest absolute Gasteiger partial charge is 0.472 e. The Kier molecular flexibility index (Phi) is 90.3. The van der Waals surface area contributed by atoms with E-state index in [0.717, 1.165) is 26.1 Å². The highest BCUT2D eigenvalue weighted by Gasteiger charge is 2.23. The van der Waals surface area contributed by atoms with E-state index in [4.69, 9.17) is 28.0 Å². The molecule has 0 aliphatic rings. The molecule has 0 saturated heterocycles. The second-order valence-electron chi connectivity index (χ2n) is 16.3. The number of ether oxygens (including phenoxy) is 4. The third kappa shape index (κ3) is 71.1. The highest BCUT2D eigenvalue weighted by Crippen LogP contribution is 2.43. The summed E-state index contributed by atoms with van der Waals surface area (Å²) in [4.78, 5) is 10.0. The van der Waals surface area contributed by atoms with Gasteiger partial charge in [-0.3, -0.25) is 9.05 Å². The second kappa shape index (κ2) is 68.5. The van der Waals surface area contributed by atoms with Crippen LogP contribution in [-0.4, -0.2) is 70.0 Å². The lowest BCUT2D eigenvalue weighted by Gasteiger charge is -2.18. The fourth-order valence-corrected chi connectivity index (χ4v) is 7.73. The molecule has 396 valence electrons. The van der Waals surface area contributed by atoms with Crippen LogP contribution in [0.2, 0.25) is 0 Å². The molecule has 0 saturated carbocycles. The third-order valence-electron chi connectivity index (χ3n) is 10.5. The highest BCUT2D eigenvalue weighted by atomic mass is 31.2. The van der Waals surface area contributed by atoms with Gasteiger partial charge in [0.05, 0.1) is 51.8 Å². The number of phosphoric ester groups is 1. The highest BCUT2D eigenvalue weighted by molar-refractivity contribution is 7.47. The zero-order chi connectivity index (χ0) is 40.2. The molecular formula is C54H127O8P. The van der Waals surface area contributed by atoms with Crippen LogP contribution >= 0.6 is 7.82 Å². The van der Waals surface area contributed by atoms with Crippen molar-refractivity contribution >= 4 is 7.82 Å². The Hall–Kier alpha value is -0.0500. The molecule has 0 heterocycles. The van der Waals surface area contributed by atoms with Gasteiger partial charge in [-0.05, 0) is 26.7 Å². The lowest BCUT2D eigenvalue weighted by Crippen LogP contribution is -2.20. The number of unbranched alkanes of at least 4 members (excludes halogenated alkanes) is 30. The van der Waals surface area contributed by atoms with E-state index < -0.39 is 7.82 Å². The Balaban J connectivity index is -0.000000521. The van der Waals surface area contributed by atoms with Crippen molar-refractivity contribution in [2.24, 2.45) is 0 Å². The summed E-state index contributed by atoms with van der Waals surface area (Å²) in [5.74, 6) is 0. The molecule has 0 rings (SSSR count). The molecule has 2 atom stereocenters. The maximum atomic E-state index is 12.3. The predicted octanol–water partition coefficient (Wildman–Crippen LogP) is 19.6. The van der Waals surface area contributed by atoms with E-state index in [-0.39, 0.29) is 84.8 Å². The van der Waals surface area contributed by atoms with Crippen LogP contribution in [0.5, 0.6) is 0 Å². The van der Waals surface area contributed by atoms with Crippen molar-refractivity contribution in [1.29, 1.82) is 0 Å². The van der Waals surface area contributed by atoms with Crippen LogP contribution in [0.4, 0.5) is 0 Å². The van der Waals surface area contributed by atoms with Gasteiger partial charge in [0.15, 0.2) is 0 Å². The number of rotatable bonds is 48. The van der Waals surface area contributed by atoms with Crippen LogP contribution in [0.25, 0.3) is 0 Å². The molecule has 2 unspecified atom stereocenters. The average Bonchev–Trinajstić information content (AvgIpc) is 3.18. The monoisotopic (exact) mass is 935 g/mol. The van der Waals surface area contributed by atoms with Gasteiger partial charge in [0.1, 0.15) is 0 Å². The summed E-state index contributed by atoms with van der Waals surface area (Å²) >= 11 is 0. The molecule has 0 bridgehead atoms. The minimum Gasteiger partial charge on any atom is -0.379 e. The van der Waals surface area contributed by atoms with Crippen LogP contribution in [0, 0.1) is 0 Å². The SMILES string of the molecule is C.C.C.C.C.C.C.C.CCCCCCCCCCCCCCCCCCOCCOC(C)COP(=O)(O)OCC(C)OCCOCCCCCCCCCCCCCCCCCC. The number of phosphoric acid groups is 1. The third-order valence-corrected chi connectivity index (χ3v) is 11.4. The Labute approximate surface area is 401 Å². The van der Waals surface area contributed by atoms with E-state index in [2.05, 4.69) is 13.8 Å². The fraction of sp³-hybridized carbons (Fsp3) is 1.00. The summed E-state index contributed by atoms with van der Waals surface area (Å²) in [5, 5.41) is 0. The van der Waals surface area contributed by atoms with Gasteiger partial charge in [0.2, 0.25) is 0 Å². The molecular weight excluding hydrogens is 808 g/mol. The van der Waals surface area contributed by atoms with Crippen LogP contribution in [0.1, 0.15) is 293 Å². The van der Waals surface area contributed by atoms with E-state index in [1.807, 2.05) is 0 Å². The summed E-state index contributed by atoms with van der Waals surface area (Å²) in [6.45, 7) is 11.5. The fourth-order valence-electron chi connectivity index (χ4n) is 6.86. The Morgan fingerprint density at radius 1 is 0.333 bits per heavy atom. The van der Waals surface area contributed by atoms with Gasteiger partial charge in [-0.15, -0.1) is 0 Å². The van der Waals surface area contributed by atoms with Crippen molar-refractivity contribution in [3.05, 3.63) is 0 Å². The lowest BCUT2D eigenvalue weighted by molar-refractivity contribution is -0.0243. The molecule has 63 heavy (non-hydrogen) atoms. The minimum absolute atomic E-state index is 0. The van der Waals surface area contributed by atoms with Crippen molar-refractivity contribution in [3.63, 3.8) is 0 Å². The summed E-state index contributed by atoms with van der Waals surface area (Å²) in [6.07, 6.45) is 42.9. The topological polar surface area (TPSA) is 92.7 Å². The molecule has 0 aromatic carbocycles. The van der Waals surface area contributed by atoms with Crippen molar-refractivity contribution in [2.75, 3.05) is 52.9 Å². The lowest BCUT2D eigenvalue weighted by atomic mass is 10.0. The van der Waals surface area contributed by atoms with Gasteiger partial charge < -0.3 is 23.8 Å². The molecule has 0 aromatic rings. The summed E-state index contributed by atoms with van der Waals surface area (Å²) in [7, 11) is -4.18. The molecule has 0 aromatic heterocycles. The van der Waals surface area contributed by atoms with Gasteiger partial charge in [0.25, 0.3) is 0 Å². The van der Waals surface area contributed by atoms with Crippen LogP contribution in [0.15, 0.2) is 0 Å². The smallest absolute Gasteiger partial charge is 0.379 e. The Bertz CT molecular complexity index is 716. The van der Waals surface area contributed by atoms with Crippen molar-refractivity contribution in [1.82, 2.24) is 0 Å². The van der Waals surface area contributed by atoms with Gasteiger partial charge in [0, 0.05) is 13.2 Å². The molecule has 0 aliphatic carbocycles. The summed E-state index contributed by atoms with van der Waals surface area (Å²) < 4.78 is 45.3. The molecule has 8 nitrogen and oxygen atoms in total. The summed E-state index contributed by atoms with van der Waals surface area (Å²) in [5.41, 5.74) is 0. The first kappa shape index (κ1) is 83.0. The predicted molar refractivity (Wildman–Crippen MR) is 287 cm³/mol. The van der Waals surface area contributed by atoms with E-state index >= 15 is 0 Å². The van der Waals surface area contributed by atoms with Crippen molar-refractivity contribution < 1.29 is 37.5 Å². The maximum Gasteiger partial charge on any atom is 0.472 e. The second-order valence-corrected chi connectivity index (χ2v) is 17.7. The summed E-state index contributed by atoms with van der Waals surface area (Å²) in [6, 6.07) is 0. The standard InChI is InChI=1S/C46H95O8P.8CH4/c1-5-7-9-11-13-15-17-19-21-23-25-27-29-31-33-35-37-49-39-41-51-45(3)43-53-55(47,48)54-44-46(4)52-42-40-50-38-36-34-32-30-28-26-24-22-20-18-16-14-12-10-8-6-2;;;;;;;;/h45-46H,5-44H2,1-4H3,(H,47,48);8*1H4. The minimum atomic E-state index is -4.18. The number of hydrogen-bond acceptors (Lipinski definition) is 7. The molecule has 0 radical (unpaired) electrons. The van der Waals surface area contributed by atoms with Crippen LogP contribution in [-0.2, 0) is 32.6 Å². The molecule has 0 aliphatic heterocycles. The molecule has 0 spiro atoms. The first-order chi connectivity index (χ1) is 26.9. The molecule has 1 N–H and O–H groups in total. The molecule has 0 amide bonds. The zero-order valence-corrected chi connectivity index (χ0v) is 38.1. The number of hydrogen-bond donors (Lipinski definition) is 1. The van der Waals surface area contributed by atoms with Gasteiger partial charge in [-0.1, -0.05) is 266 Å². The Morgan fingerprint density at radius 3 is 0.762 bits per heavy atom. The van der Waals surface area contributed by atoms with E-state index in [1.165, 1.54) is 193 Å². The average molecular weight is 936 g/mol. The van der Waals surface area contributed by atoms with E-state index in [0.29, 0.717) is 26.4 Å².